The van der Waals surface area contributed by atoms with Crippen molar-refractivity contribution in [2.75, 3.05) is 42.9 Å². The Balaban J connectivity index is 1.32. The summed E-state index contributed by atoms with van der Waals surface area (Å²) in [6.45, 7) is 3.63. The summed E-state index contributed by atoms with van der Waals surface area (Å²) in [5.41, 5.74) is 1.29. The molecule has 1 fully saturated rings. The van der Waals surface area contributed by atoms with Crippen LogP contribution in [0.5, 0.6) is 0 Å². The van der Waals surface area contributed by atoms with Gasteiger partial charge in [0.1, 0.15) is 0 Å². The lowest BCUT2D eigenvalue weighted by atomic mass is 10.0. The average molecular weight is 392 g/mol. The molecule has 4 rings (SSSR count). The summed E-state index contributed by atoms with van der Waals surface area (Å²) in [7, 11) is 0. The fourth-order valence-corrected chi connectivity index (χ4v) is 3.43. The van der Waals surface area contributed by atoms with Gasteiger partial charge in [0.2, 0.25) is 5.95 Å². The zero-order chi connectivity index (χ0) is 20.1. The molecule has 4 N–H and O–H groups in total. The molecule has 29 heavy (non-hydrogen) atoms. The monoisotopic (exact) mass is 392 g/mol. The number of rotatable bonds is 5. The van der Waals surface area contributed by atoms with Gasteiger partial charge in [0.05, 0.1) is 24.2 Å². The first-order chi connectivity index (χ1) is 14.2. The van der Waals surface area contributed by atoms with Crippen LogP contribution in [0.2, 0.25) is 0 Å². The molecule has 0 radical (unpaired) electrons. The molecule has 0 saturated carbocycles. The number of fused-ring (bicyclic) bond motifs is 1. The number of aliphatic hydroxyl groups excluding tert-OH is 1. The Bertz CT molecular complexity index is 967. The predicted molar refractivity (Wildman–Crippen MR) is 113 cm³/mol. The Morgan fingerprint density at radius 1 is 1.10 bits per heavy atom. The highest BCUT2D eigenvalue weighted by atomic mass is 16.3. The van der Waals surface area contributed by atoms with Crippen LogP contribution < -0.4 is 20.9 Å². The van der Waals surface area contributed by atoms with Crippen molar-refractivity contribution in [2.45, 2.75) is 6.10 Å². The highest BCUT2D eigenvalue weighted by Gasteiger charge is 2.14. The predicted octanol–water partition coefficient (Wildman–Crippen LogP) is 1.89. The SMILES string of the molecule is O=C(NCC(O)c1cccc2ccccc12)Nc1cnc(N2CCNCC2)nc1. The molecule has 3 aromatic rings. The standard InChI is InChI=1S/C21H24N6O2/c28-19(18-7-3-5-15-4-1-2-6-17(15)18)14-25-21(29)26-16-12-23-20(24-13-16)27-10-8-22-9-11-27/h1-7,12-13,19,22,28H,8-11,14H2,(H2,25,26,29). The van der Waals surface area contributed by atoms with E-state index in [2.05, 4.69) is 30.8 Å². The number of nitrogens with zero attached hydrogens (tertiary/aromatic N) is 3. The second kappa shape index (κ2) is 8.85. The van der Waals surface area contributed by atoms with Crippen LogP contribution in [-0.4, -0.2) is 53.8 Å². The number of carbonyl (C=O) groups excluding carboxylic acids is 1. The molecular formula is C21H24N6O2. The third kappa shape index (κ3) is 4.61. The number of nitrogens with one attached hydrogen (secondary N) is 3. The van der Waals surface area contributed by atoms with Crippen molar-refractivity contribution in [1.29, 1.82) is 0 Å². The molecule has 0 spiro atoms. The van der Waals surface area contributed by atoms with E-state index < -0.39 is 12.1 Å². The Kier molecular flexibility index (Phi) is 5.83. The smallest absolute Gasteiger partial charge is 0.319 e. The van der Waals surface area contributed by atoms with Crippen LogP contribution in [0.1, 0.15) is 11.7 Å². The molecule has 1 aromatic heterocycles. The topological polar surface area (TPSA) is 102 Å². The number of carbonyl (C=O) groups is 1. The van der Waals surface area contributed by atoms with Crippen molar-refractivity contribution in [2.24, 2.45) is 0 Å². The van der Waals surface area contributed by atoms with Crippen LogP contribution in [0.3, 0.4) is 0 Å². The molecular weight excluding hydrogens is 368 g/mol. The van der Waals surface area contributed by atoms with Gasteiger partial charge in [-0.25, -0.2) is 14.8 Å². The molecule has 2 heterocycles. The average Bonchev–Trinajstić information content (AvgIpc) is 2.78. The van der Waals surface area contributed by atoms with Gasteiger partial charge in [-0.1, -0.05) is 42.5 Å². The van der Waals surface area contributed by atoms with E-state index in [0.717, 1.165) is 42.5 Å². The maximum Gasteiger partial charge on any atom is 0.319 e. The lowest BCUT2D eigenvalue weighted by molar-refractivity contribution is 0.176. The molecule has 1 atom stereocenters. The van der Waals surface area contributed by atoms with Crippen LogP contribution in [0.15, 0.2) is 54.9 Å². The fraction of sp³-hybridized carbons (Fsp3) is 0.286. The van der Waals surface area contributed by atoms with Crippen LogP contribution in [-0.2, 0) is 0 Å². The van der Waals surface area contributed by atoms with E-state index in [1.165, 1.54) is 0 Å². The third-order valence-corrected chi connectivity index (χ3v) is 4.93. The van der Waals surface area contributed by atoms with Crippen molar-refractivity contribution in [1.82, 2.24) is 20.6 Å². The van der Waals surface area contributed by atoms with Crippen molar-refractivity contribution < 1.29 is 9.90 Å². The van der Waals surface area contributed by atoms with E-state index in [4.69, 9.17) is 0 Å². The van der Waals surface area contributed by atoms with Crippen molar-refractivity contribution >= 4 is 28.4 Å². The summed E-state index contributed by atoms with van der Waals surface area (Å²) in [5.74, 6) is 0.656. The number of hydrogen-bond acceptors (Lipinski definition) is 6. The van der Waals surface area contributed by atoms with E-state index in [9.17, 15) is 9.90 Å². The van der Waals surface area contributed by atoms with Crippen LogP contribution >= 0.6 is 0 Å². The minimum atomic E-state index is -0.807. The largest absolute Gasteiger partial charge is 0.387 e. The van der Waals surface area contributed by atoms with E-state index >= 15 is 0 Å². The Hall–Kier alpha value is -3.23. The second-order valence-corrected chi connectivity index (χ2v) is 6.93. The summed E-state index contributed by atoms with van der Waals surface area (Å²) in [5, 5.41) is 21.2. The maximum atomic E-state index is 12.2. The van der Waals surface area contributed by atoms with Crippen molar-refractivity contribution in [3.63, 3.8) is 0 Å². The highest BCUT2D eigenvalue weighted by Crippen LogP contribution is 2.23. The van der Waals surface area contributed by atoms with Gasteiger partial charge in [0.25, 0.3) is 0 Å². The van der Waals surface area contributed by atoms with Gasteiger partial charge in [-0.2, -0.15) is 0 Å². The molecule has 8 heteroatoms. The second-order valence-electron chi connectivity index (χ2n) is 6.93. The lowest BCUT2D eigenvalue weighted by Gasteiger charge is -2.27. The van der Waals surface area contributed by atoms with Crippen LogP contribution in [0.4, 0.5) is 16.4 Å². The van der Waals surface area contributed by atoms with Crippen LogP contribution in [0.25, 0.3) is 10.8 Å². The molecule has 2 amide bonds. The Morgan fingerprint density at radius 2 is 1.83 bits per heavy atom. The van der Waals surface area contributed by atoms with Gasteiger partial charge in [0, 0.05) is 32.7 Å². The van der Waals surface area contributed by atoms with Crippen molar-refractivity contribution in [3.8, 4) is 0 Å². The Morgan fingerprint density at radius 3 is 2.62 bits per heavy atom. The maximum absolute atomic E-state index is 12.2. The minimum absolute atomic E-state index is 0.0968. The first-order valence-corrected chi connectivity index (χ1v) is 9.69. The van der Waals surface area contributed by atoms with Crippen LogP contribution in [0, 0.1) is 0 Å². The Labute approximate surface area is 169 Å². The van der Waals surface area contributed by atoms with Gasteiger partial charge >= 0.3 is 6.03 Å². The summed E-state index contributed by atoms with van der Waals surface area (Å²) < 4.78 is 0. The summed E-state index contributed by atoms with van der Waals surface area (Å²) >= 11 is 0. The number of hydrogen-bond donors (Lipinski definition) is 4. The van der Waals surface area contributed by atoms with E-state index in [-0.39, 0.29) is 6.54 Å². The van der Waals surface area contributed by atoms with Gasteiger partial charge in [-0.15, -0.1) is 0 Å². The molecule has 1 aliphatic heterocycles. The van der Waals surface area contributed by atoms with E-state index in [1.54, 1.807) is 12.4 Å². The quantitative estimate of drug-likeness (QED) is 0.529. The zero-order valence-electron chi connectivity index (χ0n) is 16.0. The lowest BCUT2D eigenvalue weighted by Crippen LogP contribution is -2.44. The number of anilines is 2. The first kappa shape index (κ1) is 19.1. The normalized spacial score (nSPS) is 15.1. The molecule has 1 unspecified atom stereocenters. The minimum Gasteiger partial charge on any atom is -0.387 e. The number of piperazine rings is 1. The number of aliphatic hydroxyl groups is 1. The zero-order valence-corrected chi connectivity index (χ0v) is 16.0. The van der Waals surface area contributed by atoms with Gasteiger partial charge in [-0.3, -0.25) is 0 Å². The molecule has 1 saturated heterocycles. The number of amides is 2. The molecule has 1 aliphatic rings. The van der Waals surface area contributed by atoms with Gasteiger partial charge < -0.3 is 26.0 Å². The number of urea groups is 1. The number of aromatic nitrogens is 2. The molecule has 150 valence electrons. The van der Waals surface area contributed by atoms with E-state index in [0.29, 0.717) is 11.6 Å². The van der Waals surface area contributed by atoms with Gasteiger partial charge in [0.15, 0.2) is 0 Å². The molecule has 2 aromatic carbocycles. The fourth-order valence-electron chi connectivity index (χ4n) is 3.43. The highest BCUT2D eigenvalue weighted by molar-refractivity contribution is 5.89. The molecule has 0 bridgehead atoms. The van der Waals surface area contributed by atoms with Crippen molar-refractivity contribution in [3.05, 3.63) is 60.4 Å². The molecule has 8 nitrogen and oxygen atoms in total. The summed E-state index contributed by atoms with van der Waals surface area (Å²) in [6.07, 6.45) is 2.37. The number of benzene rings is 2. The van der Waals surface area contributed by atoms with E-state index in [1.807, 2.05) is 42.5 Å². The van der Waals surface area contributed by atoms with Gasteiger partial charge in [-0.05, 0) is 16.3 Å². The molecule has 0 aliphatic carbocycles. The summed E-state index contributed by atoms with van der Waals surface area (Å²) in [6, 6.07) is 13.2. The first-order valence-electron chi connectivity index (χ1n) is 9.69. The summed E-state index contributed by atoms with van der Waals surface area (Å²) in [4.78, 5) is 22.9. The third-order valence-electron chi connectivity index (χ3n) is 4.93.